The number of aryl methyl sites for hydroxylation is 1. The summed E-state index contributed by atoms with van der Waals surface area (Å²) < 4.78 is 0. The van der Waals surface area contributed by atoms with Crippen LogP contribution in [0.5, 0.6) is 0 Å². The van der Waals surface area contributed by atoms with Crippen LogP contribution < -0.4 is 15.5 Å². The van der Waals surface area contributed by atoms with Gasteiger partial charge in [-0.15, -0.1) is 0 Å². The Morgan fingerprint density at radius 3 is 2.54 bits per heavy atom. The van der Waals surface area contributed by atoms with Gasteiger partial charge < -0.3 is 10.6 Å². The standard InChI is InChI=1S/C19H16ClN3O2S/c1-11-9-14(20)5-8-17(11)23-18(25)16(22-19(23)26)10-13-3-6-15(7-4-13)21-12(2)24/h3-10H,1-2H3,(H,21,24)(H,22,26)/b16-10-. The van der Waals surface area contributed by atoms with E-state index in [-0.39, 0.29) is 11.8 Å². The summed E-state index contributed by atoms with van der Waals surface area (Å²) in [7, 11) is 0. The Kier molecular flexibility index (Phi) is 5.06. The van der Waals surface area contributed by atoms with E-state index in [4.69, 9.17) is 23.8 Å². The van der Waals surface area contributed by atoms with Gasteiger partial charge in [-0.2, -0.15) is 0 Å². The van der Waals surface area contributed by atoms with Gasteiger partial charge >= 0.3 is 0 Å². The second-order valence-corrected chi connectivity index (χ2v) is 6.69. The van der Waals surface area contributed by atoms with Crippen LogP contribution >= 0.6 is 23.8 Å². The van der Waals surface area contributed by atoms with Crippen LogP contribution in [0, 0.1) is 6.92 Å². The van der Waals surface area contributed by atoms with E-state index < -0.39 is 0 Å². The summed E-state index contributed by atoms with van der Waals surface area (Å²) in [6, 6.07) is 12.4. The van der Waals surface area contributed by atoms with Gasteiger partial charge in [0.25, 0.3) is 5.91 Å². The molecule has 0 aromatic heterocycles. The van der Waals surface area contributed by atoms with Gasteiger partial charge in [-0.1, -0.05) is 23.7 Å². The Balaban J connectivity index is 1.86. The lowest BCUT2D eigenvalue weighted by molar-refractivity contribution is -0.114. The molecule has 2 aromatic carbocycles. The van der Waals surface area contributed by atoms with Gasteiger partial charge in [0.1, 0.15) is 5.70 Å². The van der Waals surface area contributed by atoms with Gasteiger partial charge in [-0.25, -0.2) is 0 Å². The van der Waals surface area contributed by atoms with Gasteiger partial charge in [0, 0.05) is 17.6 Å². The van der Waals surface area contributed by atoms with Gasteiger partial charge in [0.15, 0.2) is 5.11 Å². The van der Waals surface area contributed by atoms with E-state index in [1.165, 1.54) is 11.8 Å². The molecule has 26 heavy (non-hydrogen) atoms. The number of amides is 2. The average molecular weight is 386 g/mol. The number of thiocarbonyl (C=S) groups is 1. The number of benzene rings is 2. The number of hydrogen-bond donors (Lipinski definition) is 2. The number of nitrogens with zero attached hydrogens (tertiary/aromatic N) is 1. The maximum atomic E-state index is 12.8. The zero-order valence-corrected chi connectivity index (χ0v) is 15.7. The molecule has 132 valence electrons. The molecule has 2 N–H and O–H groups in total. The molecule has 0 atom stereocenters. The molecule has 2 amide bonds. The monoisotopic (exact) mass is 385 g/mol. The van der Waals surface area contributed by atoms with Crippen molar-refractivity contribution in [2.75, 3.05) is 10.2 Å². The summed E-state index contributed by atoms with van der Waals surface area (Å²) in [5.41, 5.74) is 3.44. The lowest BCUT2D eigenvalue weighted by Crippen LogP contribution is -2.30. The van der Waals surface area contributed by atoms with Gasteiger partial charge in [0.2, 0.25) is 5.91 Å². The number of carbonyl (C=O) groups is 2. The van der Waals surface area contributed by atoms with Gasteiger partial charge in [0.05, 0.1) is 5.69 Å². The Bertz CT molecular complexity index is 938. The van der Waals surface area contributed by atoms with E-state index in [2.05, 4.69) is 10.6 Å². The molecule has 0 bridgehead atoms. The zero-order valence-electron chi connectivity index (χ0n) is 14.2. The summed E-state index contributed by atoms with van der Waals surface area (Å²) in [6.07, 6.45) is 1.72. The van der Waals surface area contributed by atoms with Crippen LogP contribution in [-0.4, -0.2) is 16.9 Å². The second-order valence-electron chi connectivity index (χ2n) is 5.86. The molecule has 1 saturated heterocycles. The first kappa shape index (κ1) is 18.1. The number of hydrogen-bond acceptors (Lipinski definition) is 3. The van der Waals surface area contributed by atoms with E-state index in [1.54, 1.807) is 36.4 Å². The molecule has 2 aromatic rings. The Hall–Kier alpha value is -2.70. The number of carbonyl (C=O) groups excluding carboxylic acids is 2. The largest absolute Gasteiger partial charge is 0.327 e. The maximum Gasteiger partial charge on any atom is 0.281 e. The molecule has 1 aliphatic heterocycles. The van der Waals surface area contributed by atoms with Crippen molar-refractivity contribution in [1.82, 2.24) is 5.32 Å². The minimum absolute atomic E-state index is 0.136. The molecule has 1 aliphatic rings. The number of rotatable bonds is 3. The highest BCUT2D eigenvalue weighted by Crippen LogP contribution is 2.28. The molecule has 5 nitrogen and oxygen atoms in total. The first-order chi connectivity index (χ1) is 12.3. The van der Waals surface area contributed by atoms with E-state index in [9.17, 15) is 9.59 Å². The van der Waals surface area contributed by atoms with Crippen LogP contribution in [-0.2, 0) is 9.59 Å². The Labute approximate surface area is 161 Å². The van der Waals surface area contributed by atoms with Crippen molar-refractivity contribution in [1.29, 1.82) is 0 Å². The van der Waals surface area contributed by atoms with E-state index in [0.29, 0.717) is 27.2 Å². The van der Waals surface area contributed by atoms with E-state index in [1.807, 2.05) is 19.1 Å². The molecule has 0 saturated carbocycles. The SMILES string of the molecule is CC(=O)Nc1ccc(/C=C2\NC(=S)N(c3ccc(Cl)cc3C)C2=O)cc1. The van der Waals surface area contributed by atoms with Gasteiger partial charge in [-0.3, -0.25) is 14.5 Å². The third-order valence-electron chi connectivity index (χ3n) is 3.82. The summed E-state index contributed by atoms with van der Waals surface area (Å²) in [5.74, 6) is -0.366. The van der Waals surface area contributed by atoms with Crippen LogP contribution in [0.4, 0.5) is 11.4 Å². The second kappa shape index (κ2) is 7.27. The highest BCUT2D eigenvalue weighted by molar-refractivity contribution is 7.80. The fourth-order valence-electron chi connectivity index (χ4n) is 2.66. The number of anilines is 2. The molecule has 0 aliphatic carbocycles. The summed E-state index contributed by atoms with van der Waals surface area (Å²) in [6.45, 7) is 3.32. The highest BCUT2D eigenvalue weighted by atomic mass is 35.5. The van der Waals surface area contributed by atoms with Crippen molar-refractivity contribution < 1.29 is 9.59 Å². The predicted octanol–water partition coefficient (Wildman–Crippen LogP) is 3.87. The van der Waals surface area contributed by atoms with Crippen molar-refractivity contribution in [2.45, 2.75) is 13.8 Å². The summed E-state index contributed by atoms with van der Waals surface area (Å²) in [5, 5.41) is 6.58. The fourth-order valence-corrected chi connectivity index (χ4v) is 3.17. The van der Waals surface area contributed by atoms with Crippen LogP contribution in [0.2, 0.25) is 5.02 Å². The zero-order chi connectivity index (χ0) is 18.8. The molecule has 0 unspecified atom stereocenters. The molecule has 3 rings (SSSR count). The van der Waals surface area contributed by atoms with Crippen LogP contribution in [0.1, 0.15) is 18.1 Å². The van der Waals surface area contributed by atoms with Crippen LogP contribution in [0.3, 0.4) is 0 Å². The molecule has 0 spiro atoms. The third kappa shape index (κ3) is 3.76. The quantitative estimate of drug-likeness (QED) is 0.622. The first-order valence-corrected chi connectivity index (χ1v) is 8.65. The Morgan fingerprint density at radius 2 is 1.92 bits per heavy atom. The van der Waals surface area contributed by atoms with Gasteiger partial charge in [-0.05, 0) is 66.7 Å². The highest BCUT2D eigenvalue weighted by Gasteiger charge is 2.32. The summed E-state index contributed by atoms with van der Waals surface area (Å²) >= 11 is 11.3. The summed E-state index contributed by atoms with van der Waals surface area (Å²) in [4.78, 5) is 25.3. The first-order valence-electron chi connectivity index (χ1n) is 7.86. The predicted molar refractivity (Wildman–Crippen MR) is 108 cm³/mol. The van der Waals surface area contributed by atoms with E-state index >= 15 is 0 Å². The third-order valence-corrected chi connectivity index (χ3v) is 4.34. The maximum absolute atomic E-state index is 12.8. The van der Waals surface area contributed by atoms with Crippen LogP contribution in [0.15, 0.2) is 48.2 Å². The van der Waals surface area contributed by atoms with Crippen molar-refractivity contribution >= 4 is 58.2 Å². The average Bonchev–Trinajstić information content (AvgIpc) is 2.83. The topological polar surface area (TPSA) is 61.4 Å². The molecule has 0 radical (unpaired) electrons. The molecular weight excluding hydrogens is 370 g/mol. The van der Waals surface area contributed by atoms with E-state index in [0.717, 1.165) is 11.1 Å². The van der Waals surface area contributed by atoms with Crippen molar-refractivity contribution in [3.63, 3.8) is 0 Å². The normalized spacial score (nSPS) is 15.3. The van der Waals surface area contributed by atoms with Crippen molar-refractivity contribution in [3.05, 3.63) is 64.3 Å². The molecular formula is C19H16ClN3O2S. The Morgan fingerprint density at radius 1 is 1.23 bits per heavy atom. The lowest BCUT2D eigenvalue weighted by atomic mass is 10.1. The fraction of sp³-hybridized carbons (Fsp3) is 0.105. The molecule has 1 heterocycles. The molecule has 1 fully saturated rings. The lowest BCUT2D eigenvalue weighted by Gasteiger charge is -2.16. The smallest absolute Gasteiger partial charge is 0.281 e. The minimum atomic E-state index is -0.230. The van der Waals surface area contributed by atoms with Crippen molar-refractivity contribution in [3.8, 4) is 0 Å². The number of halogens is 1. The minimum Gasteiger partial charge on any atom is -0.327 e. The van der Waals surface area contributed by atoms with Crippen LogP contribution in [0.25, 0.3) is 6.08 Å². The number of nitrogens with one attached hydrogen (secondary N) is 2. The molecule has 7 heteroatoms. The van der Waals surface area contributed by atoms with Crippen molar-refractivity contribution in [2.24, 2.45) is 0 Å².